The largest absolute Gasteiger partial charge is 0.486 e. The Bertz CT molecular complexity index is 551. The van der Waals surface area contributed by atoms with Gasteiger partial charge in [-0.2, -0.15) is 0 Å². The number of fused-ring (bicyclic) bond motifs is 1. The van der Waals surface area contributed by atoms with Crippen LogP contribution in [0.4, 0.5) is 0 Å². The molecule has 24 heavy (non-hydrogen) atoms. The quantitative estimate of drug-likeness (QED) is 0.808. The van der Waals surface area contributed by atoms with Gasteiger partial charge < -0.3 is 19.5 Å². The molecule has 0 bridgehead atoms. The molecule has 134 valence electrons. The minimum absolute atomic E-state index is 0.117. The Hall–Kier alpha value is -1.17. The van der Waals surface area contributed by atoms with Crippen molar-refractivity contribution in [3.63, 3.8) is 0 Å². The SMILES string of the molecule is COCCCN1C[C@H]2C[C@@H](Oc3ccc(C)nc3C)[C@H](O)C[C@H]2C1. The highest BCUT2D eigenvalue weighted by atomic mass is 16.5. The van der Waals surface area contributed by atoms with Crippen molar-refractivity contribution in [2.45, 2.75) is 45.3 Å². The first-order chi connectivity index (χ1) is 11.6. The Morgan fingerprint density at radius 1 is 1.21 bits per heavy atom. The van der Waals surface area contributed by atoms with Crippen molar-refractivity contribution >= 4 is 0 Å². The van der Waals surface area contributed by atoms with E-state index in [1.165, 1.54) is 0 Å². The molecule has 3 rings (SSSR count). The van der Waals surface area contributed by atoms with Crippen molar-refractivity contribution in [2.24, 2.45) is 11.8 Å². The van der Waals surface area contributed by atoms with E-state index < -0.39 is 0 Å². The molecule has 2 aliphatic rings. The van der Waals surface area contributed by atoms with Crippen LogP contribution in [0.25, 0.3) is 0 Å². The summed E-state index contributed by atoms with van der Waals surface area (Å²) in [6, 6.07) is 3.94. The van der Waals surface area contributed by atoms with Gasteiger partial charge in [-0.05, 0) is 57.1 Å². The monoisotopic (exact) mass is 334 g/mol. The van der Waals surface area contributed by atoms with Gasteiger partial charge >= 0.3 is 0 Å². The average molecular weight is 334 g/mol. The van der Waals surface area contributed by atoms with Crippen molar-refractivity contribution in [3.8, 4) is 5.75 Å². The lowest BCUT2D eigenvalue weighted by Gasteiger charge is -2.35. The topological polar surface area (TPSA) is 54.8 Å². The van der Waals surface area contributed by atoms with Gasteiger partial charge in [-0.15, -0.1) is 0 Å². The predicted molar refractivity (Wildman–Crippen MR) is 93.3 cm³/mol. The number of aliphatic hydroxyl groups excluding tert-OH is 1. The van der Waals surface area contributed by atoms with Crippen LogP contribution in [0.5, 0.6) is 5.75 Å². The van der Waals surface area contributed by atoms with E-state index in [1.807, 2.05) is 26.0 Å². The van der Waals surface area contributed by atoms with E-state index in [4.69, 9.17) is 9.47 Å². The second kappa shape index (κ2) is 7.81. The van der Waals surface area contributed by atoms with Crippen LogP contribution in [-0.2, 0) is 4.74 Å². The Labute approximate surface area is 145 Å². The zero-order chi connectivity index (χ0) is 17.1. The fourth-order valence-electron chi connectivity index (χ4n) is 4.19. The van der Waals surface area contributed by atoms with Gasteiger partial charge in [0, 0.05) is 39.0 Å². The van der Waals surface area contributed by atoms with Crippen LogP contribution in [0.2, 0.25) is 0 Å². The number of rotatable bonds is 6. The van der Waals surface area contributed by atoms with E-state index in [0.29, 0.717) is 11.8 Å². The molecule has 0 spiro atoms. The highest BCUT2D eigenvalue weighted by Gasteiger charge is 2.42. The number of hydrogen-bond acceptors (Lipinski definition) is 5. The van der Waals surface area contributed by atoms with Gasteiger partial charge in [0.25, 0.3) is 0 Å². The maximum absolute atomic E-state index is 10.5. The molecule has 5 nitrogen and oxygen atoms in total. The molecule has 1 aromatic rings. The summed E-state index contributed by atoms with van der Waals surface area (Å²) >= 11 is 0. The zero-order valence-electron chi connectivity index (χ0n) is 15.1. The van der Waals surface area contributed by atoms with Crippen LogP contribution in [0.1, 0.15) is 30.7 Å². The minimum Gasteiger partial charge on any atom is -0.486 e. The number of pyridine rings is 1. The lowest BCUT2D eigenvalue weighted by molar-refractivity contribution is -0.0236. The third-order valence-electron chi connectivity index (χ3n) is 5.44. The van der Waals surface area contributed by atoms with Gasteiger partial charge in [-0.1, -0.05) is 0 Å². The van der Waals surface area contributed by atoms with E-state index in [-0.39, 0.29) is 12.2 Å². The Balaban J connectivity index is 1.58. The normalized spacial score (nSPS) is 30.3. The van der Waals surface area contributed by atoms with E-state index in [2.05, 4.69) is 9.88 Å². The number of hydrogen-bond donors (Lipinski definition) is 1. The molecule has 0 radical (unpaired) electrons. The Morgan fingerprint density at radius 3 is 2.67 bits per heavy atom. The van der Waals surface area contributed by atoms with Gasteiger partial charge in [0.05, 0.1) is 11.8 Å². The average Bonchev–Trinajstić information content (AvgIpc) is 2.92. The summed E-state index contributed by atoms with van der Waals surface area (Å²) in [5.41, 5.74) is 1.89. The molecule has 1 N–H and O–H groups in total. The number of methoxy groups -OCH3 is 1. The smallest absolute Gasteiger partial charge is 0.141 e. The fraction of sp³-hybridized carbons (Fsp3) is 0.737. The molecule has 5 heteroatoms. The summed E-state index contributed by atoms with van der Waals surface area (Å²) in [6.45, 7) is 8.07. The van der Waals surface area contributed by atoms with Crippen LogP contribution in [-0.4, -0.2) is 60.5 Å². The van der Waals surface area contributed by atoms with Gasteiger partial charge in [-0.3, -0.25) is 4.98 Å². The number of nitrogens with zero attached hydrogens (tertiary/aromatic N) is 2. The van der Waals surface area contributed by atoms with Crippen LogP contribution >= 0.6 is 0 Å². The number of aliphatic hydroxyl groups is 1. The van der Waals surface area contributed by atoms with Crippen molar-refractivity contribution in [1.29, 1.82) is 0 Å². The summed E-state index contributed by atoms with van der Waals surface area (Å²) in [5.74, 6) is 2.03. The molecule has 0 aromatic carbocycles. The van der Waals surface area contributed by atoms with E-state index in [9.17, 15) is 5.11 Å². The second-order valence-corrected chi connectivity index (χ2v) is 7.36. The molecule has 2 heterocycles. The van der Waals surface area contributed by atoms with Crippen LogP contribution in [0.15, 0.2) is 12.1 Å². The van der Waals surface area contributed by atoms with E-state index >= 15 is 0 Å². The molecule has 4 atom stereocenters. The fourth-order valence-corrected chi connectivity index (χ4v) is 4.19. The molecule has 0 unspecified atom stereocenters. The predicted octanol–water partition coefficient (Wildman–Crippen LogP) is 2.19. The first-order valence-electron chi connectivity index (χ1n) is 9.07. The van der Waals surface area contributed by atoms with Crippen molar-refractivity contribution in [2.75, 3.05) is 33.4 Å². The molecular formula is C19H30N2O3. The Morgan fingerprint density at radius 2 is 1.96 bits per heavy atom. The maximum atomic E-state index is 10.5. The number of likely N-dealkylation sites (tertiary alicyclic amines) is 1. The minimum atomic E-state index is -0.383. The summed E-state index contributed by atoms with van der Waals surface area (Å²) in [4.78, 5) is 6.97. The second-order valence-electron chi connectivity index (χ2n) is 7.36. The highest BCUT2D eigenvalue weighted by molar-refractivity contribution is 5.28. The van der Waals surface area contributed by atoms with Crippen LogP contribution in [0.3, 0.4) is 0 Å². The summed E-state index contributed by atoms with van der Waals surface area (Å²) in [6.07, 6.45) is 2.35. The van der Waals surface area contributed by atoms with Gasteiger partial charge in [-0.25, -0.2) is 0 Å². The Kier molecular flexibility index (Phi) is 5.74. The lowest BCUT2D eigenvalue weighted by atomic mass is 9.78. The van der Waals surface area contributed by atoms with Gasteiger partial charge in [0.2, 0.25) is 0 Å². The first-order valence-corrected chi connectivity index (χ1v) is 9.07. The third-order valence-corrected chi connectivity index (χ3v) is 5.44. The highest BCUT2D eigenvalue weighted by Crippen LogP contribution is 2.38. The van der Waals surface area contributed by atoms with Crippen LogP contribution in [0, 0.1) is 25.7 Å². The maximum Gasteiger partial charge on any atom is 0.141 e. The summed E-state index contributed by atoms with van der Waals surface area (Å²) in [7, 11) is 1.75. The molecule has 1 aliphatic carbocycles. The molecule has 1 saturated carbocycles. The molecule has 2 fully saturated rings. The number of ether oxygens (including phenoxy) is 2. The standard InChI is InChI=1S/C19H30N2O3/c1-13-5-6-18(14(2)20-13)24-19-10-16-12-21(7-4-8-23-3)11-15(16)9-17(19)22/h5-6,15-17,19,22H,4,7-12H2,1-3H3/t15-,16+,17+,19+/m0/s1. The summed E-state index contributed by atoms with van der Waals surface area (Å²) in [5, 5.41) is 10.5. The number of aromatic nitrogens is 1. The van der Waals surface area contributed by atoms with Crippen LogP contribution < -0.4 is 4.74 Å². The molecule has 0 amide bonds. The first kappa shape index (κ1) is 17.6. The molecular weight excluding hydrogens is 304 g/mol. The van der Waals surface area contributed by atoms with Crippen molar-refractivity contribution in [3.05, 3.63) is 23.5 Å². The van der Waals surface area contributed by atoms with Crippen molar-refractivity contribution in [1.82, 2.24) is 9.88 Å². The molecule has 1 aromatic heterocycles. The zero-order valence-corrected chi connectivity index (χ0v) is 15.1. The van der Waals surface area contributed by atoms with Gasteiger partial charge in [0.1, 0.15) is 11.9 Å². The van der Waals surface area contributed by atoms with E-state index in [0.717, 1.165) is 62.6 Å². The molecule has 1 aliphatic heterocycles. The number of aryl methyl sites for hydroxylation is 2. The third kappa shape index (κ3) is 4.08. The van der Waals surface area contributed by atoms with E-state index in [1.54, 1.807) is 7.11 Å². The van der Waals surface area contributed by atoms with Crippen molar-refractivity contribution < 1.29 is 14.6 Å². The molecule has 1 saturated heterocycles. The van der Waals surface area contributed by atoms with Gasteiger partial charge in [0.15, 0.2) is 0 Å². The summed E-state index contributed by atoms with van der Waals surface area (Å²) < 4.78 is 11.3. The lowest BCUT2D eigenvalue weighted by Crippen LogP contribution is -2.42.